The summed E-state index contributed by atoms with van der Waals surface area (Å²) >= 11 is 6.70. The van der Waals surface area contributed by atoms with Gasteiger partial charge in [0.2, 0.25) is 11.5 Å². The molecule has 0 aliphatic rings. The lowest BCUT2D eigenvalue weighted by atomic mass is 10.00. The Morgan fingerprint density at radius 2 is 1.73 bits per heavy atom. The van der Waals surface area contributed by atoms with Gasteiger partial charge in [0.15, 0.2) is 8.32 Å². The molecule has 1 atom stereocenters. The number of nitrogens with one attached hydrogen (secondary N) is 3. The molecule has 0 saturated heterocycles. The smallest absolute Gasteiger partial charge is 0.409 e. The largest absolute Gasteiger partial charge is 0.506 e. The van der Waals surface area contributed by atoms with Crippen LogP contribution in [0.1, 0.15) is 56.4 Å². The number of carbonyl (C=O) groups excluding carboxylic acids is 2. The average molecular weight is 785 g/mol. The Morgan fingerprint density at radius 1 is 0.982 bits per heavy atom. The van der Waals surface area contributed by atoms with Crippen molar-refractivity contribution in [2.24, 2.45) is 5.73 Å². The first-order valence-electron chi connectivity index (χ1n) is 18.1. The number of aromatic hydroxyl groups is 1. The normalized spacial score (nSPS) is 12.3. The van der Waals surface area contributed by atoms with Crippen molar-refractivity contribution in [2.45, 2.75) is 70.8 Å². The van der Waals surface area contributed by atoms with E-state index in [0.29, 0.717) is 59.0 Å². The summed E-state index contributed by atoms with van der Waals surface area (Å²) in [7, 11) is -0.718. The van der Waals surface area contributed by atoms with Gasteiger partial charge in [-0.15, -0.1) is 0 Å². The molecular formula is C42H49ClN4O7Si. The van der Waals surface area contributed by atoms with E-state index >= 15 is 0 Å². The molecule has 1 aromatic heterocycles. The highest BCUT2D eigenvalue weighted by Gasteiger charge is 2.39. The number of fused-ring (bicyclic) bond motifs is 1. The van der Waals surface area contributed by atoms with Crippen LogP contribution in [0.4, 0.5) is 10.5 Å². The number of anilines is 1. The first-order valence-corrected chi connectivity index (χ1v) is 21.4. The third-order valence-electron chi connectivity index (χ3n) is 10.00. The zero-order valence-corrected chi connectivity index (χ0v) is 33.8. The number of phenolic OH excluding ortho intramolecular Hbond substituents is 1. The number of methoxy groups -OCH3 is 1. The van der Waals surface area contributed by atoms with Crippen LogP contribution in [0.2, 0.25) is 23.2 Å². The Labute approximate surface area is 327 Å². The Hall–Kier alpha value is -5.14. The maximum atomic E-state index is 13.0. The fraction of sp³-hybridized carbons (Fsp3) is 0.310. The number of primary amides is 1. The van der Waals surface area contributed by atoms with Crippen LogP contribution >= 0.6 is 11.6 Å². The zero-order valence-electron chi connectivity index (χ0n) is 32.0. The van der Waals surface area contributed by atoms with Crippen molar-refractivity contribution in [1.29, 1.82) is 0 Å². The number of carbonyl (C=O) groups is 2. The Bertz CT molecular complexity index is 2220. The maximum absolute atomic E-state index is 13.0. The summed E-state index contributed by atoms with van der Waals surface area (Å²) in [6, 6.07) is 25.2. The van der Waals surface area contributed by atoms with Crippen LogP contribution in [0.15, 0.2) is 89.7 Å². The lowest BCUT2D eigenvalue weighted by Gasteiger charge is -2.39. The third-order valence-corrected chi connectivity index (χ3v) is 14.8. The molecule has 5 rings (SSSR count). The topological polar surface area (TPSA) is 165 Å². The molecule has 11 nitrogen and oxygen atoms in total. The number of ether oxygens (including phenoxy) is 2. The van der Waals surface area contributed by atoms with Crippen molar-refractivity contribution in [3.8, 4) is 28.4 Å². The Morgan fingerprint density at radius 3 is 2.42 bits per heavy atom. The number of H-pyrrole nitrogens is 1. The highest BCUT2D eigenvalue weighted by molar-refractivity contribution is 6.74. The molecule has 0 bridgehead atoms. The van der Waals surface area contributed by atoms with Crippen LogP contribution in [0, 0.1) is 0 Å². The second kappa shape index (κ2) is 17.5. The number of aromatic nitrogens is 1. The molecule has 2 amide bonds. The van der Waals surface area contributed by atoms with Crippen molar-refractivity contribution < 1.29 is 28.6 Å². The van der Waals surface area contributed by atoms with E-state index in [2.05, 4.69) is 49.5 Å². The molecular weight excluding hydrogens is 736 g/mol. The summed E-state index contributed by atoms with van der Waals surface area (Å²) in [5.41, 5.74) is 9.97. The number of halogens is 1. The number of hydrogen-bond acceptors (Lipinski definition) is 8. The zero-order chi connectivity index (χ0) is 39.9. The van der Waals surface area contributed by atoms with E-state index < -0.39 is 20.5 Å². The monoisotopic (exact) mass is 784 g/mol. The number of aromatic amines is 1. The van der Waals surface area contributed by atoms with Gasteiger partial charge in [-0.05, 0) is 71.9 Å². The minimum Gasteiger partial charge on any atom is -0.506 e. The minimum absolute atomic E-state index is 0.0124. The molecule has 0 radical (unpaired) electrons. The predicted octanol–water partition coefficient (Wildman–Crippen LogP) is 8.83. The van der Waals surface area contributed by atoms with Gasteiger partial charge in [-0.25, -0.2) is 4.79 Å². The number of benzene rings is 4. The molecule has 0 fully saturated rings. The van der Waals surface area contributed by atoms with Crippen LogP contribution in [0.25, 0.3) is 22.0 Å². The van der Waals surface area contributed by atoms with Crippen molar-refractivity contribution >= 4 is 48.5 Å². The molecule has 0 aliphatic carbocycles. The molecule has 4 aromatic carbocycles. The average Bonchev–Trinajstić information content (AvgIpc) is 3.12. The lowest BCUT2D eigenvalue weighted by Crippen LogP contribution is -2.43. The number of hydrogen-bond donors (Lipinski definition) is 5. The van der Waals surface area contributed by atoms with Gasteiger partial charge in [-0.2, -0.15) is 0 Å². The summed E-state index contributed by atoms with van der Waals surface area (Å²) in [6.07, 6.45) is 0.0265. The van der Waals surface area contributed by atoms with E-state index in [1.165, 1.54) is 6.07 Å². The number of amides is 2. The molecule has 0 saturated carbocycles. The van der Waals surface area contributed by atoms with Crippen molar-refractivity contribution in [2.75, 3.05) is 19.0 Å². The summed E-state index contributed by atoms with van der Waals surface area (Å²) < 4.78 is 17.9. The number of phenols is 1. The number of nitrogens with two attached hydrogens (primary N) is 1. The Balaban J connectivity index is 1.25. The first-order chi connectivity index (χ1) is 26.1. The van der Waals surface area contributed by atoms with Crippen molar-refractivity contribution in [3.05, 3.63) is 117 Å². The van der Waals surface area contributed by atoms with Gasteiger partial charge in [0, 0.05) is 48.2 Å². The summed E-state index contributed by atoms with van der Waals surface area (Å²) in [4.78, 5) is 39.5. The first kappa shape index (κ1) is 41.0. The molecule has 0 unspecified atom stereocenters. The van der Waals surface area contributed by atoms with E-state index in [1.54, 1.807) is 37.4 Å². The number of aryl methyl sites for hydroxylation is 1. The molecule has 6 N–H and O–H groups in total. The molecule has 290 valence electrons. The van der Waals surface area contributed by atoms with Crippen LogP contribution in [0.3, 0.4) is 0 Å². The van der Waals surface area contributed by atoms with E-state index in [9.17, 15) is 19.5 Å². The molecule has 13 heteroatoms. The second-order valence-corrected chi connectivity index (χ2v) is 20.1. The minimum atomic E-state index is -2.28. The highest BCUT2D eigenvalue weighted by atomic mass is 35.5. The lowest BCUT2D eigenvalue weighted by molar-refractivity contribution is -0.116. The van der Waals surface area contributed by atoms with Gasteiger partial charge in [0.05, 0.1) is 29.4 Å². The molecule has 0 spiro atoms. The summed E-state index contributed by atoms with van der Waals surface area (Å²) in [5.74, 6) is 0.681. The molecule has 0 aliphatic heterocycles. The predicted molar refractivity (Wildman–Crippen MR) is 221 cm³/mol. The van der Waals surface area contributed by atoms with Gasteiger partial charge < -0.3 is 40.4 Å². The van der Waals surface area contributed by atoms with Crippen LogP contribution < -0.4 is 31.4 Å². The quantitative estimate of drug-likeness (QED) is 0.0657. The van der Waals surface area contributed by atoms with E-state index in [1.807, 2.05) is 48.5 Å². The van der Waals surface area contributed by atoms with Crippen LogP contribution in [-0.4, -0.2) is 44.1 Å². The van der Waals surface area contributed by atoms with Gasteiger partial charge in [-0.3, -0.25) is 9.59 Å². The number of rotatable bonds is 15. The Kier molecular flexibility index (Phi) is 13.1. The van der Waals surface area contributed by atoms with E-state index in [4.69, 9.17) is 31.2 Å². The van der Waals surface area contributed by atoms with Gasteiger partial charge in [0.25, 0.3) is 0 Å². The SMILES string of the molecule is COc1cc(NC(=O)CCCc2ccc(-c3ccccc3)c(OC(N)=O)c2)c(Cl)cc1CNC[C@H](O[Si](C)(C)C(C)(C)C)c1ccc(O)c2[nH]c(=O)ccc12. The van der Waals surface area contributed by atoms with Gasteiger partial charge in [-0.1, -0.05) is 80.9 Å². The van der Waals surface area contributed by atoms with E-state index in [-0.39, 0.29) is 28.7 Å². The molecule has 5 aromatic rings. The van der Waals surface area contributed by atoms with Gasteiger partial charge >= 0.3 is 6.09 Å². The molecule has 1 heterocycles. The number of pyridine rings is 1. The summed E-state index contributed by atoms with van der Waals surface area (Å²) in [5, 5.41) is 17.9. The maximum Gasteiger partial charge on any atom is 0.409 e. The van der Waals surface area contributed by atoms with E-state index in [0.717, 1.165) is 27.8 Å². The fourth-order valence-electron chi connectivity index (χ4n) is 6.08. The van der Waals surface area contributed by atoms with Gasteiger partial charge in [0.1, 0.15) is 17.2 Å². The van der Waals surface area contributed by atoms with Crippen molar-refractivity contribution in [1.82, 2.24) is 10.3 Å². The van der Waals surface area contributed by atoms with Crippen LogP contribution in [0.5, 0.6) is 17.2 Å². The highest BCUT2D eigenvalue weighted by Crippen LogP contribution is 2.41. The molecule has 55 heavy (non-hydrogen) atoms. The fourth-order valence-corrected chi connectivity index (χ4v) is 7.59. The van der Waals surface area contributed by atoms with Crippen LogP contribution in [-0.2, 0) is 22.2 Å². The summed E-state index contributed by atoms with van der Waals surface area (Å²) in [6.45, 7) is 11.7. The van der Waals surface area contributed by atoms with Crippen molar-refractivity contribution in [3.63, 3.8) is 0 Å². The third kappa shape index (κ3) is 10.3. The standard InChI is InChI=1S/C42H49ClN4O7Si/c1-42(2,3)55(5,6)54-37(30-17-19-34(48)40-31(30)18-20-39(50)47-40)25-45-24-28-22-32(43)33(23-35(28)52-4)46-38(49)14-10-11-26-15-16-29(27-12-8-7-9-13-27)36(21-26)53-41(44)51/h7-9,12-13,15-23,37,45,48H,10-11,14,24-25H2,1-6H3,(H2,44,51)(H,46,49)(H,47,50)/t37-/m0/s1. The second-order valence-electron chi connectivity index (χ2n) is 14.9.